The lowest BCUT2D eigenvalue weighted by Crippen LogP contribution is -1.85. The Bertz CT molecular complexity index is 267. The zero-order valence-electron chi connectivity index (χ0n) is 6.24. The Hall–Kier alpha value is -0.660. The molecule has 0 bridgehead atoms. The van der Waals surface area contributed by atoms with Crippen molar-refractivity contribution in [3.63, 3.8) is 0 Å². The van der Waals surface area contributed by atoms with E-state index in [1.807, 2.05) is 18.2 Å². The van der Waals surface area contributed by atoms with Gasteiger partial charge in [0.1, 0.15) is 10.6 Å². The summed E-state index contributed by atoms with van der Waals surface area (Å²) in [7, 11) is 0. The van der Waals surface area contributed by atoms with Gasteiger partial charge in [-0.15, -0.1) is 23.2 Å². The number of halogens is 2. The Kier molecular flexibility index (Phi) is 3.45. The highest BCUT2D eigenvalue weighted by Gasteiger charge is 1.99. The third-order valence-corrected chi connectivity index (χ3v) is 1.61. The molecule has 0 aromatic heterocycles. The maximum Gasteiger partial charge on any atom is 0.129 e. The molecular formula is C9H8Cl2O. The van der Waals surface area contributed by atoms with E-state index in [2.05, 4.69) is 0 Å². The minimum absolute atomic E-state index is 0.102. The minimum atomic E-state index is -0.676. The molecule has 1 aromatic carbocycles. The molecule has 0 aliphatic carbocycles. The number of aliphatic hydroxyl groups is 1. The molecule has 3 heteroatoms. The third kappa shape index (κ3) is 2.76. The molecule has 0 atom stereocenters. The van der Waals surface area contributed by atoms with Gasteiger partial charge in [0.15, 0.2) is 0 Å². The summed E-state index contributed by atoms with van der Waals surface area (Å²) in [6, 6.07) is 9.09. The summed E-state index contributed by atoms with van der Waals surface area (Å²) in [5, 5.41) is 9.38. The first-order chi connectivity index (χ1) is 5.70. The van der Waals surface area contributed by atoms with Crippen molar-refractivity contribution in [3.8, 4) is 0 Å². The summed E-state index contributed by atoms with van der Waals surface area (Å²) in [5.74, 6) is 0.102. The second kappa shape index (κ2) is 4.39. The summed E-state index contributed by atoms with van der Waals surface area (Å²) in [6.07, 6.45) is 1.37. The number of hydrogen-bond acceptors (Lipinski definition) is 1. The van der Waals surface area contributed by atoms with E-state index < -0.39 is 4.84 Å². The predicted molar refractivity (Wildman–Crippen MR) is 52.5 cm³/mol. The van der Waals surface area contributed by atoms with E-state index in [1.54, 1.807) is 12.1 Å². The molecule has 0 saturated heterocycles. The van der Waals surface area contributed by atoms with Crippen LogP contribution in [0.15, 0.2) is 36.4 Å². The lowest BCUT2D eigenvalue weighted by Gasteiger charge is -1.99. The predicted octanol–water partition coefficient (Wildman–Crippen LogP) is 3.39. The van der Waals surface area contributed by atoms with E-state index in [0.29, 0.717) is 5.56 Å². The molecule has 0 unspecified atom stereocenters. The quantitative estimate of drug-likeness (QED) is 0.576. The van der Waals surface area contributed by atoms with Crippen LogP contribution >= 0.6 is 23.2 Å². The standard InChI is InChI=1S/C9H8Cl2O/c10-9(11)6-8(12)7-4-2-1-3-5-7/h1-6,9,12H. The number of aliphatic hydroxyl groups excluding tert-OH is 1. The topological polar surface area (TPSA) is 20.2 Å². The van der Waals surface area contributed by atoms with Crippen molar-refractivity contribution in [3.05, 3.63) is 42.0 Å². The third-order valence-electron chi connectivity index (χ3n) is 1.35. The monoisotopic (exact) mass is 202 g/mol. The van der Waals surface area contributed by atoms with Crippen molar-refractivity contribution in [2.24, 2.45) is 0 Å². The van der Waals surface area contributed by atoms with Gasteiger partial charge in [-0.3, -0.25) is 0 Å². The van der Waals surface area contributed by atoms with E-state index in [0.717, 1.165) is 0 Å². The SMILES string of the molecule is OC(=CC(Cl)Cl)c1ccccc1. The first kappa shape index (κ1) is 9.43. The number of alkyl halides is 2. The first-order valence-electron chi connectivity index (χ1n) is 3.44. The largest absolute Gasteiger partial charge is 0.508 e. The maximum atomic E-state index is 9.38. The van der Waals surface area contributed by atoms with Gasteiger partial charge in [0.25, 0.3) is 0 Å². The summed E-state index contributed by atoms with van der Waals surface area (Å²) >= 11 is 10.9. The van der Waals surface area contributed by atoms with Crippen LogP contribution < -0.4 is 0 Å². The van der Waals surface area contributed by atoms with Crippen molar-refractivity contribution in [2.75, 3.05) is 0 Å². The van der Waals surface area contributed by atoms with E-state index in [1.165, 1.54) is 6.08 Å². The highest BCUT2D eigenvalue weighted by molar-refractivity contribution is 6.45. The molecule has 0 aliphatic rings. The Morgan fingerprint density at radius 2 is 1.83 bits per heavy atom. The molecule has 0 heterocycles. The Balaban J connectivity index is 2.85. The maximum absolute atomic E-state index is 9.38. The van der Waals surface area contributed by atoms with Crippen LogP contribution in [0.25, 0.3) is 5.76 Å². The summed E-state index contributed by atoms with van der Waals surface area (Å²) in [5.41, 5.74) is 0.712. The number of benzene rings is 1. The summed E-state index contributed by atoms with van der Waals surface area (Å²) < 4.78 is 0. The van der Waals surface area contributed by atoms with Gasteiger partial charge >= 0.3 is 0 Å². The van der Waals surface area contributed by atoms with Crippen LogP contribution in [0.2, 0.25) is 0 Å². The zero-order chi connectivity index (χ0) is 8.97. The fraction of sp³-hybridized carbons (Fsp3) is 0.111. The molecule has 0 saturated carbocycles. The van der Waals surface area contributed by atoms with Crippen LogP contribution in [0.4, 0.5) is 0 Å². The van der Waals surface area contributed by atoms with Crippen LogP contribution in [0.1, 0.15) is 5.56 Å². The molecule has 0 spiro atoms. The molecule has 1 rings (SSSR count). The van der Waals surface area contributed by atoms with Gasteiger partial charge in [0, 0.05) is 5.56 Å². The molecule has 1 nitrogen and oxygen atoms in total. The van der Waals surface area contributed by atoms with Gasteiger partial charge in [0.05, 0.1) is 0 Å². The lowest BCUT2D eigenvalue weighted by molar-refractivity contribution is 0.510. The zero-order valence-corrected chi connectivity index (χ0v) is 7.76. The summed E-state index contributed by atoms with van der Waals surface area (Å²) in [6.45, 7) is 0. The normalized spacial score (nSPS) is 12.1. The molecule has 12 heavy (non-hydrogen) atoms. The van der Waals surface area contributed by atoms with Crippen LogP contribution in [0.3, 0.4) is 0 Å². The first-order valence-corrected chi connectivity index (χ1v) is 4.32. The molecule has 0 amide bonds. The highest BCUT2D eigenvalue weighted by Crippen LogP contribution is 2.14. The minimum Gasteiger partial charge on any atom is -0.508 e. The van der Waals surface area contributed by atoms with Crippen molar-refractivity contribution < 1.29 is 5.11 Å². The Labute approximate surface area is 81.2 Å². The van der Waals surface area contributed by atoms with Gasteiger partial charge in [-0.2, -0.15) is 0 Å². The fourth-order valence-electron chi connectivity index (χ4n) is 0.824. The molecule has 1 aromatic rings. The molecule has 0 aliphatic heterocycles. The van der Waals surface area contributed by atoms with Gasteiger partial charge in [-0.25, -0.2) is 0 Å². The van der Waals surface area contributed by atoms with E-state index in [-0.39, 0.29) is 5.76 Å². The Morgan fingerprint density at radius 1 is 1.25 bits per heavy atom. The smallest absolute Gasteiger partial charge is 0.129 e. The van der Waals surface area contributed by atoms with Crippen molar-refractivity contribution in [1.29, 1.82) is 0 Å². The number of rotatable bonds is 2. The molecule has 64 valence electrons. The van der Waals surface area contributed by atoms with Crippen LogP contribution in [-0.4, -0.2) is 9.94 Å². The van der Waals surface area contributed by atoms with E-state index >= 15 is 0 Å². The average molecular weight is 203 g/mol. The van der Waals surface area contributed by atoms with Crippen LogP contribution in [0, 0.1) is 0 Å². The second-order valence-corrected chi connectivity index (χ2v) is 3.42. The molecule has 0 fully saturated rings. The summed E-state index contributed by atoms with van der Waals surface area (Å²) in [4.78, 5) is -0.676. The number of allylic oxidation sites excluding steroid dienone is 1. The van der Waals surface area contributed by atoms with E-state index in [4.69, 9.17) is 23.2 Å². The second-order valence-electron chi connectivity index (χ2n) is 2.25. The molecular weight excluding hydrogens is 195 g/mol. The molecule has 0 radical (unpaired) electrons. The average Bonchev–Trinajstić information content (AvgIpc) is 2.05. The van der Waals surface area contributed by atoms with Crippen LogP contribution in [-0.2, 0) is 0 Å². The van der Waals surface area contributed by atoms with Gasteiger partial charge in [0.2, 0.25) is 0 Å². The Morgan fingerprint density at radius 3 is 2.33 bits per heavy atom. The highest BCUT2D eigenvalue weighted by atomic mass is 35.5. The molecule has 1 N–H and O–H groups in total. The van der Waals surface area contributed by atoms with E-state index in [9.17, 15) is 5.11 Å². The number of hydrogen-bond donors (Lipinski definition) is 1. The van der Waals surface area contributed by atoms with Gasteiger partial charge in [-0.1, -0.05) is 30.3 Å². The van der Waals surface area contributed by atoms with Gasteiger partial charge in [-0.05, 0) is 6.08 Å². The van der Waals surface area contributed by atoms with Crippen LogP contribution in [0.5, 0.6) is 0 Å². The van der Waals surface area contributed by atoms with Crippen molar-refractivity contribution in [2.45, 2.75) is 4.84 Å². The van der Waals surface area contributed by atoms with Crippen molar-refractivity contribution >= 4 is 29.0 Å². The van der Waals surface area contributed by atoms with Gasteiger partial charge < -0.3 is 5.11 Å². The fourth-order valence-corrected chi connectivity index (χ4v) is 1.06. The lowest BCUT2D eigenvalue weighted by atomic mass is 10.2. The van der Waals surface area contributed by atoms with Crippen molar-refractivity contribution in [1.82, 2.24) is 0 Å².